The van der Waals surface area contributed by atoms with E-state index in [9.17, 15) is 8.78 Å². The fraction of sp³-hybridized carbons (Fsp3) is 0.714. The van der Waals surface area contributed by atoms with Crippen LogP contribution in [-0.4, -0.2) is 27.0 Å². The number of rotatable bonds is 4. The molecular weight excluding hydrogens is 178 g/mol. The van der Waals surface area contributed by atoms with E-state index in [2.05, 4.69) is 10.2 Å². The Balaban J connectivity index is 2.55. The van der Waals surface area contributed by atoms with E-state index < -0.39 is 12.0 Å². The number of aromatic nitrogens is 3. The normalized spacial score (nSPS) is 14.5. The molecule has 74 valence electrons. The maximum absolute atomic E-state index is 12.9. The van der Waals surface area contributed by atoms with Gasteiger partial charge in [0, 0.05) is 6.42 Å². The third kappa shape index (κ3) is 2.45. The van der Waals surface area contributed by atoms with Gasteiger partial charge in [0.25, 0.3) is 5.92 Å². The SMILES string of the molecule is CCC(F)(F)[C@H](N)Cn1nccn1. The summed E-state index contributed by atoms with van der Waals surface area (Å²) in [6, 6.07) is -1.23. The summed E-state index contributed by atoms with van der Waals surface area (Å²) in [7, 11) is 0. The first-order valence-corrected chi connectivity index (χ1v) is 4.03. The van der Waals surface area contributed by atoms with Crippen molar-refractivity contribution >= 4 is 0 Å². The van der Waals surface area contributed by atoms with Crippen molar-refractivity contribution in [2.75, 3.05) is 0 Å². The minimum absolute atomic E-state index is 0.0617. The molecule has 1 aromatic heterocycles. The van der Waals surface area contributed by atoms with Crippen molar-refractivity contribution in [3.63, 3.8) is 0 Å². The molecule has 1 aromatic rings. The van der Waals surface area contributed by atoms with Gasteiger partial charge >= 0.3 is 0 Å². The van der Waals surface area contributed by atoms with Crippen LogP contribution in [0.4, 0.5) is 8.78 Å². The molecular formula is C7H12F2N4. The molecule has 4 nitrogen and oxygen atoms in total. The molecule has 0 spiro atoms. The summed E-state index contributed by atoms with van der Waals surface area (Å²) in [5, 5.41) is 7.39. The van der Waals surface area contributed by atoms with E-state index in [1.54, 1.807) is 0 Å². The van der Waals surface area contributed by atoms with E-state index in [-0.39, 0.29) is 13.0 Å². The van der Waals surface area contributed by atoms with Crippen LogP contribution >= 0.6 is 0 Å². The Hall–Kier alpha value is -1.04. The topological polar surface area (TPSA) is 56.7 Å². The molecule has 1 atom stereocenters. The van der Waals surface area contributed by atoms with Gasteiger partial charge in [-0.05, 0) is 0 Å². The van der Waals surface area contributed by atoms with Gasteiger partial charge in [0.05, 0.1) is 25.0 Å². The molecule has 6 heteroatoms. The predicted octanol–water partition coefficient (Wildman–Crippen LogP) is 0.651. The Kier molecular flexibility index (Phi) is 2.92. The first kappa shape index (κ1) is 10.0. The number of alkyl halides is 2. The molecule has 13 heavy (non-hydrogen) atoms. The van der Waals surface area contributed by atoms with Gasteiger partial charge in [-0.1, -0.05) is 6.92 Å². The van der Waals surface area contributed by atoms with Crippen LogP contribution in [-0.2, 0) is 6.54 Å². The number of hydrogen-bond donors (Lipinski definition) is 1. The highest BCUT2D eigenvalue weighted by Crippen LogP contribution is 2.21. The molecule has 0 fully saturated rings. The fourth-order valence-corrected chi connectivity index (χ4v) is 0.909. The molecule has 0 aliphatic heterocycles. The summed E-state index contributed by atoms with van der Waals surface area (Å²) >= 11 is 0. The van der Waals surface area contributed by atoms with Crippen LogP contribution in [0.3, 0.4) is 0 Å². The van der Waals surface area contributed by atoms with Gasteiger partial charge < -0.3 is 5.73 Å². The highest BCUT2D eigenvalue weighted by Gasteiger charge is 2.35. The quantitative estimate of drug-likeness (QED) is 0.758. The Morgan fingerprint density at radius 3 is 2.46 bits per heavy atom. The lowest BCUT2D eigenvalue weighted by molar-refractivity contribution is -0.0351. The predicted molar refractivity (Wildman–Crippen MR) is 43.2 cm³/mol. The zero-order valence-corrected chi connectivity index (χ0v) is 7.32. The van der Waals surface area contributed by atoms with Crippen molar-refractivity contribution in [1.29, 1.82) is 0 Å². The Labute approximate surface area is 74.7 Å². The van der Waals surface area contributed by atoms with Crippen molar-refractivity contribution in [3.05, 3.63) is 12.4 Å². The van der Waals surface area contributed by atoms with Crippen LogP contribution in [0.1, 0.15) is 13.3 Å². The van der Waals surface area contributed by atoms with E-state index in [1.807, 2.05) is 0 Å². The van der Waals surface area contributed by atoms with E-state index in [1.165, 1.54) is 19.3 Å². The van der Waals surface area contributed by atoms with Crippen LogP contribution in [0.15, 0.2) is 12.4 Å². The maximum atomic E-state index is 12.9. The van der Waals surface area contributed by atoms with Gasteiger partial charge in [-0.3, -0.25) is 0 Å². The van der Waals surface area contributed by atoms with Crippen LogP contribution in [0.2, 0.25) is 0 Å². The molecule has 0 bridgehead atoms. The molecule has 2 N–H and O–H groups in total. The van der Waals surface area contributed by atoms with Crippen LogP contribution in [0.25, 0.3) is 0 Å². The number of hydrogen-bond acceptors (Lipinski definition) is 3. The zero-order chi connectivity index (χ0) is 9.90. The van der Waals surface area contributed by atoms with Gasteiger partial charge in [-0.15, -0.1) is 0 Å². The second-order valence-corrected chi connectivity index (χ2v) is 2.81. The highest BCUT2D eigenvalue weighted by molar-refractivity contribution is 4.78. The van der Waals surface area contributed by atoms with E-state index in [0.717, 1.165) is 4.80 Å². The lowest BCUT2D eigenvalue weighted by atomic mass is 10.1. The molecule has 0 aliphatic carbocycles. The summed E-state index contributed by atoms with van der Waals surface area (Å²) < 4.78 is 25.9. The summed E-state index contributed by atoms with van der Waals surface area (Å²) in [6.07, 6.45) is 2.59. The Bertz CT molecular complexity index is 247. The van der Waals surface area contributed by atoms with Crippen molar-refractivity contribution in [1.82, 2.24) is 15.0 Å². The Morgan fingerprint density at radius 1 is 1.46 bits per heavy atom. The van der Waals surface area contributed by atoms with Crippen molar-refractivity contribution in [3.8, 4) is 0 Å². The van der Waals surface area contributed by atoms with E-state index in [4.69, 9.17) is 5.73 Å². The molecule has 0 saturated heterocycles. The van der Waals surface area contributed by atoms with Crippen LogP contribution in [0, 0.1) is 0 Å². The lowest BCUT2D eigenvalue weighted by Crippen LogP contribution is -2.44. The smallest absolute Gasteiger partial charge is 0.264 e. The standard InChI is InChI=1S/C7H12F2N4/c1-2-7(8,9)6(10)5-13-11-3-4-12-13/h3-4,6H,2,5,10H2,1H3/t6-/m1/s1. The van der Waals surface area contributed by atoms with Gasteiger partial charge in [-0.25, -0.2) is 8.78 Å². The molecule has 0 aromatic carbocycles. The second kappa shape index (κ2) is 3.78. The van der Waals surface area contributed by atoms with E-state index >= 15 is 0 Å². The molecule has 0 aliphatic rings. The summed E-state index contributed by atoms with van der Waals surface area (Å²) in [5.41, 5.74) is 5.30. The summed E-state index contributed by atoms with van der Waals surface area (Å²) in [4.78, 5) is 1.16. The average molecular weight is 190 g/mol. The molecule has 0 saturated carbocycles. The minimum atomic E-state index is -2.85. The maximum Gasteiger partial charge on any atom is 0.264 e. The number of halogens is 2. The molecule has 0 unspecified atom stereocenters. The molecule has 1 rings (SSSR count). The van der Waals surface area contributed by atoms with Crippen molar-refractivity contribution in [2.24, 2.45) is 5.73 Å². The number of nitrogens with zero attached hydrogens (tertiary/aromatic N) is 3. The molecule has 1 heterocycles. The third-order valence-corrected chi connectivity index (χ3v) is 1.84. The first-order valence-electron chi connectivity index (χ1n) is 4.03. The largest absolute Gasteiger partial charge is 0.321 e. The molecule has 0 amide bonds. The van der Waals surface area contributed by atoms with Crippen molar-refractivity contribution in [2.45, 2.75) is 31.9 Å². The van der Waals surface area contributed by atoms with Gasteiger partial charge in [0.15, 0.2) is 0 Å². The van der Waals surface area contributed by atoms with Gasteiger partial charge in [0.2, 0.25) is 0 Å². The van der Waals surface area contributed by atoms with E-state index in [0.29, 0.717) is 0 Å². The lowest BCUT2D eigenvalue weighted by Gasteiger charge is -2.21. The molecule has 0 radical (unpaired) electrons. The third-order valence-electron chi connectivity index (χ3n) is 1.84. The average Bonchev–Trinajstić information content (AvgIpc) is 2.57. The number of nitrogens with two attached hydrogens (primary N) is 1. The highest BCUT2D eigenvalue weighted by atomic mass is 19.3. The minimum Gasteiger partial charge on any atom is -0.321 e. The van der Waals surface area contributed by atoms with Crippen LogP contribution in [0.5, 0.6) is 0 Å². The van der Waals surface area contributed by atoms with Crippen molar-refractivity contribution < 1.29 is 8.78 Å². The van der Waals surface area contributed by atoms with Gasteiger partial charge in [0.1, 0.15) is 0 Å². The first-order chi connectivity index (χ1) is 6.06. The summed E-state index contributed by atoms with van der Waals surface area (Å²) in [5.74, 6) is -2.85. The van der Waals surface area contributed by atoms with Gasteiger partial charge in [-0.2, -0.15) is 15.0 Å². The zero-order valence-electron chi connectivity index (χ0n) is 7.32. The second-order valence-electron chi connectivity index (χ2n) is 2.81. The fourth-order valence-electron chi connectivity index (χ4n) is 0.909. The monoisotopic (exact) mass is 190 g/mol. The summed E-state index contributed by atoms with van der Waals surface area (Å²) in [6.45, 7) is 1.34. The van der Waals surface area contributed by atoms with Crippen LogP contribution < -0.4 is 5.73 Å². The Morgan fingerprint density at radius 2 is 2.00 bits per heavy atom.